The van der Waals surface area contributed by atoms with Gasteiger partial charge in [0.1, 0.15) is 0 Å². The van der Waals surface area contributed by atoms with E-state index in [-0.39, 0.29) is 9.79 Å². The van der Waals surface area contributed by atoms with Gasteiger partial charge in [-0.05, 0) is 61.4 Å². The zero-order valence-electron chi connectivity index (χ0n) is 12.4. The number of hydrogen-bond acceptors (Lipinski definition) is 2. The van der Waals surface area contributed by atoms with Crippen molar-refractivity contribution in [3.8, 4) is 0 Å². The smallest absolute Gasteiger partial charge is 0.207 e. The molecule has 2 aromatic rings. The van der Waals surface area contributed by atoms with Crippen LogP contribution in [0.1, 0.15) is 35.7 Å². The second-order valence-electron chi connectivity index (χ2n) is 5.10. The predicted molar refractivity (Wildman–Crippen MR) is 96.9 cm³/mol. The highest BCUT2D eigenvalue weighted by atomic mass is 35.5. The molecule has 124 valence electrons. The Morgan fingerprint density at radius 2 is 1.13 bits per heavy atom. The summed E-state index contributed by atoms with van der Waals surface area (Å²) in [6.45, 7) is 3.39. The molecule has 0 saturated heterocycles. The first-order chi connectivity index (χ1) is 10.6. The molecule has 0 aromatic heterocycles. The minimum absolute atomic E-state index is 0.116. The number of sulfone groups is 1. The van der Waals surface area contributed by atoms with Crippen LogP contribution in [0.4, 0.5) is 0 Å². The normalized spacial score (nSPS) is 14.5. The van der Waals surface area contributed by atoms with Gasteiger partial charge in [-0.15, -0.1) is 23.2 Å². The Bertz CT molecular complexity index is 766. The van der Waals surface area contributed by atoms with Crippen LogP contribution in [0, 0.1) is 0 Å². The summed E-state index contributed by atoms with van der Waals surface area (Å²) in [6, 6.07) is 9.10. The monoisotopic (exact) mass is 410 g/mol. The summed E-state index contributed by atoms with van der Waals surface area (Å²) in [7, 11) is -3.81. The second kappa shape index (κ2) is 7.20. The van der Waals surface area contributed by atoms with Crippen molar-refractivity contribution in [1.29, 1.82) is 0 Å². The maximum absolute atomic E-state index is 13.1. The van der Waals surface area contributed by atoms with Crippen molar-refractivity contribution in [2.75, 3.05) is 0 Å². The van der Waals surface area contributed by atoms with Crippen LogP contribution in [-0.2, 0) is 9.84 Å². The van der Waals surface area contributed by atoms with E-state index in [1.54, 1.807) is 26.0 Å². The van der Waals surface area contributed by atoms with Crippen molar-refractivity contribution in [2.45, 2.75) is 34.4 Å². The van der Waals surface area contributed by atoms with Gasteiger partial charge in [0, 0.05) is 10.0 Å². The Labute approximate surface area is 156 Å². The zero-order chi connectivity index (χ0) is 17.4. The summed E-state index contributed by atoms with van der Waals surface area (Å²) in [6.07, 6.45) is 0. The maximum atomic E-state index is 13.1. The summed E-state index contributed by atoms with van der Waals surface area (Å²) in [5.74, 6) is 0. The first-order valence-corrected chi connectivity index (χ1v) is 9.88. The molecular weight excluding hydrogens is 398 g/mol. The van der Waals surface area contributed by atoms with Crippen LogP contribution in [0.2, 0.25) is 10.0 Å². The minimum atomic E-state index is -3.81. The van der Waals surface area contributed by atoms with Crippen LogP contribution < -0.4 is 0 Å². The van der Waals surface area contributed by atoms with E-state index < -0.39 is 20.6 Å². The molecule has 2 nitrogen and oxygen atoms in total. The second-order valence-corrected chi connectivity index (χ2v) is 9.17. The average Bonchev–Trinajstić information content (AvgIpc) is 2.46. The molecule has 0 aliphatic rings. The Kier molecular flexibility index (Phi) is 5.91. The fourth-order valence-corrected chi connectivity index (χ4v) is 4.94. The molecule has 2 rings (SSSR count). The van der Waals surface area contributed by atoms with Crippen LogP contribution in [0.5, 0.6) is 0 Å². The molecule has 0 radical (unpaired) electrons. The van der Waals surface area contributed by atoms with Gasteiger partial charge in [0.15, 0.2) is 0 Å². The fourth-order valence-electron chi connectivity index (χ4n) is 2.27. The molecule has 0 aliphatic heterocycles. The number of rotatable bonds is 4. The van der Waals surface area contributed by atoms with Gasteiger partial charge in [0.05, 0.1) is 20.5 Å². The lowest BCUT2D eigenvalue weighted by molar-refractivity contribution is 0.593. The number of halogens is 4. The van der Waals surface area contributed by atoms with Crippen molar-refractivity contribution < 1.29 is 8.42 Å². The van der Waals surface area contributed by atoms with Gasteiger partial charge >= 0.3 is 0 Å². The van der Waals surface area contributed by atoms with Crippen LogP contribution in [-0.4, -0.2) is 8.42 Å². The summed E-state index contributed by atoms with van der Waals surface area (Å²) < 4.78 is 26.2. The lowest BCUT2D eigenvalue weighted by atomic mass is 10.1. The Balaban J connectivity index is 2.74. The first kappa shape index (κ1) is 18.9. The van der Waals surface area contributed by atoms with Gasteiger partial charge < -0.3 is 0 Å². The molecule has 0 N–H and O–H groups in total. The van der Waals surface area contributed by atoms with Gasteiger partial charge in [-0.2, -0.15) is 0 Å². The third-order valence-electron chi connectivity index (χ3n) is 3.38. The number of alkyl halides is 2. The Morgan fingerprint density at radius 3 is 1.43 bits per heavy atom. The highest BCUT2D eigenvalue weighted by Crippen LogP contribution is 2.37. The molecule has 0 heterocycles. The molecule has 0 saturated carbocycles. The Morgan fingerprint density at radius 1 is 0.783 bits per heavy atom. The molecule has 23 heavy (non-hydrogen) atoms. The molecule has 2 atom stereocenters. The standard InChI is InChI=1S/C16H14Cl4O2S/c1-9(17)13-7-11(19)3-5-15(13)23(21,22)16-6-4-12(20)8-14(16)10(2)18/h3-10H,1-2H3. The van der Waals surface area contributed by atoms with E-state index in [9.17, 15) is 8.42 Å². The lowest BCUT2D eigenvalue weighted by Gasteiger charge is -2.16. The third kappa shape index (κ3) is 3.97. The molecule has 0 spiro atoms. The first-order valence-electron chi connectivity index (χ1n) is 6.76. The van der Waals surface area contributed by atoms with E-state index in [0.717, 1.165) is 0 Å². The summed E-state index contributed by atoms with van der Waals surface area (Å²) in [4.78, 5) is 0.232. The van der Waals surface area contributed by atoms with Crippen molar-refractivity contribution in [1.82, 2.24) is 0 Å². The lowest BCUT2D eigenvalue weighted by Crippen LogP contribution is -2.09. The van der Waals surface area contributed by atoms with Gasteiger partial charge in [0.25, 0.3) is 0 Å². The van der Waals surface area contributed by atoms with E-state index >= 15 is 0 Å². The molecule has 7 heteroatoms. The van der Waals surface area contributed by atoms with Crippen molar-refractivity contribution in [3.63, 3.8) is 0 Å². The van der Waals surface area contributed by atoms with Crippen LogP contribution in [0.15, 0.2) is 46.2 Å². The highest BCUT2D eigenvalue weighted by Gasteiger charge is 2.27. The number of benzene rings is 2. The van der Waals surface area contributed by atoms with Crippen LogP contribution >= 0.6 is 46.4 Å². The highest BCUT2D eigenvalue weighted by molar-refractivity contribution is 7.91. The summed E-state index contributed by atoms with van der Waals surface area (Å²) in [5.41, 5.74) is 0.893. The summed E-state index contributed by atoms with van der Waals surface area (Å²) in [5, 5.41) is -0.174. The predicted octanol–water partition coefficient (Wildman–Crippen LogP) is 6.43. The molecule has 2 aromatic carbocycles. The van der Waals surface area contributed by atoms with Gasteiger partial charge in [-0.25, -0.2) is 8.42 Å². The molecule has 0 amide bonds. The SMILES string of the molecule is CC(Cl)c1cc(Cl)ccc1S(=O)(=O)c1ccc(Cl)cc1C(C)Cl. The topological polar surface area (TPSA) is 34.1 Å². The molecular formula is C16H14Cl4O2S. The van der Waals surface area contributed by atoms with Crippen molar-refractivity contribution in [3.05, 3.63) is 57.6 Å². The van der Waals surface area contributed by atoms with Crippen LogP contribution in [0.3, 0.4) is 0 Å². The minimum Gasteiger partial charge on any atom is -0.218 e. The van der Waals surface area contributed by atoms with E-state index in [4.69, 9.17) is 46.4 Å². The maximum Gasteiger partial charge on any atom is 0.207 e. The van der Waals surface area contributed by atoms with Gasteiger partial charge in [-0.3, -0.25) is 0 Å². The van der Waals surface area contributed by atoms with E-state index in [2.05, 4.69) is 0 Å². The van der Waals surface area contributed by atoms with Crippen molar-refractivity contribution >= 4 is 56.2 Å². The molecule has 0 aliphatic carbocycles. The largest absolute Gasteiger partial charge is 0.218 e. The third-order valence-corrected chi connectivity index (χ3v) is 6.22. The zero-order valence-corrected chi connectivity index (χ0v) is 16.2. The fraction of sp³-hybridized carbons (Fsp3) is 0.250. The molecule has 0 bridgehead atoms. The van der Waals surface area contributed by atoms with E-state index in [0.29, 0.717) is 21.2 Å². The van der Waals surface area contributed by atoms with Gasteiger partial charge in [0.2, 0.25) is 9.84 Å². The molecule has 2 unspecified atom stereocenters. The molecule has 0 fully saturated rings. The van der Waals surface area contributed by atoms with E-state index in [1.807, 2.05) is 0 Å². The number of hydrogen-bond donors (Lipinski definition) is 0. The quantitative estimate of drug-likeness (QED) is 0.543. The van der Waals surface area contributed by atoms with Gasteiger partial charge in [-0.1, -0.05) is 23.2 Å². The van der Waals surface area contributed by atoms with Crippen LogP contribution in [0.25, 0.3) is 0 Å². The summed E-state index contributed by atoms with van der Waals surface area (Å²) >= 11 is 24.2. The van der Waals surface area contributed by atoms with Crippen molar-refractivity contribution in [2.24, 2.45) is 0 Å². The Hall–Kier alpha value is -0.450. The van der Waals surface area contributed by atoms with E-state index in [1.165, 1.54) is 24.3 Å². The average molecular weight is 412 g/mol.